The van der Waals surface area contributed by atoms with Crippen LogP contribution in [0.25, 0.3) is 0 Å². The third-order valence-electron chi connectivity index (χ3n) is 4.97. The molecule has 4 rings (SSSR count). The molecular formula is C21H18ClF3N4O3S. The van der Waals surface area contributed by atoms with Gasteiger partial charge < -0.3 is 9.64 Å². The Morgan fingerprint density at radius 3 is 2.67 bits per heavy atom. The lowest BCUT2D eigenvalue weighted by Crippen LogP contribution is -2.43. The molecular weight excluding hydrogens is 481 g/mol. The first-order valence-electron chi connectivity index (χ1n) is 9.51. The van der Waals surface area contributed by atoms with Crippen molar-refractivity contribution in [1.82, 2.24) is 14.8 Å². The van der Waals surface area contributed by atoms with Crippen molar-refractivity contribution in [2.24, 2.45) is 0 Å². The molecule has 0 saturated heterocycles. The molecule has 0 fully saturated rings. The van der Waals surface area contributed by atoms with Crippen molar-refractivity contribution in [3.05, 3.63) is 70.8 Å². The molecule has 12 heteroatoms. The Kier molecular flexibility index (Phi) is 7.03. The highest BCUT2D eigenvalue weighted by molar-refractivity contribution is 7.59. The smallest absolute Gasteiger partial charge is 0.404 e. The lowest BCUT2D eigenvalue weighted by atomic mass is 10.0. The van der Waals surface area contributed by atoms with Gasteiger partial charge in [0.25, 0.3) is 5.91 Å². The molecule has 0 unspecified atom stereocenters. The third kappa shape index (κ3) is 5.14. The van der Waals surface area contributed by atoms with Gasteiger partial charge in [0.15, 0.2) is 5.78 Å². The van der Waals surface area contributed by atoms with E-state index in [4.69, 9.17) is 11.6 Å². The second-order valence-electron chi connectivity index (χ2n) is 7.23. The molecule has 0 aliphatic carbocycles. The number of pyridine rings is 1. The summed E-state index contributed by atoms with van der Waals surface area (Å²) in [6, 6.07) is 6.65. The van der Waals surface area contributed by atoms with Gasteiger partial charge in [-0.05, 0) is 37.3 Å². The standard InChI is InChI=1S/C21H16ClF3N4O3.H2S/c1-12-11-28(15-4-5-18(16(22)8-15)32-21(23,24)25)20(31)19-14(10-27-29(12)19)7-17(30)13-3-2-6-26-9-13;/h2-6,8-10,12H,7,11H2,1H3;1H2/t12-;/m0./s1. The van der Waals surface area contributed by atoms with Crippen LogP contribution in [0.4, 0.5) is 18.9 Å². The molecule has 1 amide bonds. The highest BCUT2D eigenvalue weighted by Gasteiger charge is 2.35. The number of halogens is 4. The molecule has 3 heterocycles. The predicted molar refractivity (Wildman–Crippen MR) is 119 cm³/mol. The van der Waals surface area contributed by atoms with E-state index < -0.39 is 18.0 Å². The molecule has 1 aliphatic rings. The van der Waals surface area contributed by atoms with Gasteiger partial charge in [-0.1, -0.05) is 11.6 Å². The van der Waals surface area contributed by atoms with Gasteiger partial charge in [-0.25, -0.2) is 0 Å². The molecule has 7 nitrogen and oxygen atoms in total. The SMILES string of the molecule is C[C@H]1CN(c2ccc(OC(F)(F)F)c(Cl)c2)C(=O)c2c(CC(=O)c3cccnc3)cnn21.S. The van der Waals surface area contributed by atoms with Gasteiger partial charge in [0.05, 0.1) is 17.3 Å². The number of carbonyl (C=O) groups is 2. The van der Waals surface area contributed by atoms with Crippen LogP contribution < -0.4 is 9.64 Å². The van der Waals surface area contributed by atoms with Crippen LogP contribution in [0, 0.1) is 0 Å². The average Bonchev–Trinajstić information content (AvgIpc) is 3.16. The zero-order valence-corrected chi connectivity index (χ0v) is 18.9. The molecule has 0 N–H and O–H groups in total. The fraction of sp³-hybridized carbons (Fsp3) is 0.238. The van der Waals surface area contributed by atoms with Crippen molar-refractivity contribution < 1.29 is 27.5 Å². The topological polar surface area (TPSA) is 77.3 Å². The van der Waals surface area contributed by atoms with Crippen LogP contribution in [0.2, 0.25) is 5.02 Å². The van der Waals surface area contributed by atoms with E-state index in [0.717, 1.165) is 6.07 Å². The number of hydrogen-bond donors (Lipinski definition) is 0. The fourth-order valence-electron chi connectivity index (χ4n) is 3.54. The van der Waals surface area contributed by atoms with Crippen LogP contribution in [0.3, 0.4) is 0 Å². The van der Waals surface area contributed by atoms with Crippen LogP contribution in [0.5, 0.6) is 5.75 Å². The summed E-state index contributed by atoms with van der Waals surface area (Å²) in [4.78, 5) is 31.2. The molecule has 1 aromatic carbocycles. The van der Waals surface area contributed by atoms with Crippen molar-refractivity contribution in [1.29, 1.82) is 0 Å². The highest BCUT2D eigenvalue weighted by atomic mass is 35.5. The number of Topliss-reactive ketones (excluding diaryl/α,β-unsaturated/α-hetero) is 1. The summed E-state index contributed by atoms with van der Waals surface area (Å²) in [6.07, 6.45) is -0.455. The number of aromatic nitrogens is 3. The molecule has 174 valence electrons. The van der Waals surface area contributed by atoms with E-state index in [1.165, 1.54) is 29.4 Å². The zero-order valence-electron chi connectivity index (χ0n) is 17.1. The van der Waals surface area contributed by atoms with E-state index in [1.807, 2.05) is 6.92 Å². The Balaban J connectivity index is 0.00000306. The summed E-state index contributed by atoms with van der Waals surface area (Å²) in [5.41, 5.74) is 1.40. The zero-order chi connectivity index (χ0) is 23.0. The summed E-state index contributed by atoms with van der Waals surface area (Å²) >= 11 is 5.95. The molecule has 0 radical (unpaired) electrons. The lowest BCUT2D eigenvalue weighted by molar-refractivity contribution is -0.274. The third-order valence-corrected chi connectivity index (χ3v) is 5.27. The number of carbonyl (C=O) groups excluding carboxylic acids is 2. The molecule has 33 heavy (non-hydrogen) atoms. The average molecular weight is 499 g/mol. The predicted octanol–water partition coefficient (Wildman–Crippen LogP) is 4.59. The first kappa shape index (κ1) is 24.6. The van der Waals surface area contributed by atoms with Gasteiger partial charge in [-0.3, -0.25) is 19.3 Å². The normalized spacial score (nSPS) is 15.6. The summed E-state index contributed by atoms with van der Waals surface area (Å²) in [6.45, 7) is 2.06. The van der Waals surface area contributed by atoms with Gasteiger partial charge in [0.1, 0.15) is 11.4 Å². The van der Waals surface area contributed by atoms with Crippen LogP contribution in [-0.2, 0) is 6.42 Å². The summed E-state index contributed by atoms with van der Waals surface area (Å²) < 4.78 is 42.9. The van der Waals surface area contributed by atoms with E-state index in [-0.39, 0.29) is 49.0 Å². The Labute approximate surface area is 198 Å². The summed E-state index contributed by atoms with van der Waals surface area (Å²) in [5, 5.41) is 3.98. The maximum Gasteiger partial charge on any atom is 0.573 e. The van der Waals surface area contributed by atoms with Gasteiger partial charge in [-0.15, -0.1) is 13.2 Å². The first-order chi connectivity index (χ1) is 15.1. The number of amides is 1. The second kappa shape index (κ2) is 9.44. The number of ketones is 1. The van der Waals surface area contributed by atoms with Crippen LogP contribution >= 0.6 is 25.1 Å². The quantitative estimate of drug-likeness (QED) is 0.481. The second-order valence-corrected chi connectivity index (χ2v) is 7.64. The van der Waals surface area contributed by atoms with Gasteiger partial charge in [0, 0.05) is 42.2 Å². The Hall–Kier alpha value is -3.05. The van der Waals surface area contributed by atoms with E-state index in [9.17, 15) is 22.8 Å². The monoisotopic (exact) mass is 498 g/mol. The molecule has 0 spiro atoms. The molecule has 1 aliphatic heterocycles. The van der Waals surface area contributed by atoms with Crippen molar-refractivity contribution >= 4 is 42.5 Å². The number of anilines is 1. The minimum Gasteiger partial charge on any atom is -0.404 e. The minimum atomic E-state index is -4.89. The van der Waals surface area contributed by atoms with E-state index >= 15 is 0 Å². The minimum absolute atomic E-state index is 0. The molecule has 0 bridgehead atoms. The number of rotatable bonds is 5. The van der Waals surface area contributed by atoms with Gasteiger partial charge in [-0.2, -0.15) is 18.6 Å². The first-order valence-corrected chi connectivity index (χ1v) is 9.88. The number of alkyl halides is 3. The molecule has 0 saturated carbocycles. The molecule has 1 atom stereocenters. The number of nitrogens with zero attached hydrogens (tertiary/aromatic N) is 4. The van der Waals surface area contributed by atoms with Crippen LogP contribution in [0.1, 0.15) is 39.4 Å². The van der Waals surface area contributed by atoms with E-state index in [0.29, 0.717) is 16.8 Å². The largest absolute Gasteiger partial charge is 0.573 e. The van der Waals surface area contributed by atoms with Gasteiger partial charge in [0.2, 0.25) is 0 Å². The number of hydrogen-bond acceptors (Lipinski definition) is 5. The number of benzene rings is 1. The van der Waals surface area contributed by atoms with Crippen LogP contribution in [0.15, 0.2) is 48.9 Å². The van der Waals surface area contributed by atoms with E-state index in [2.05, 4.69) is 14.8 Å². The fourth-order valence-corrected chi connectivity index (χ4v) is 3.75. The maximum absolute atomic E-state index is 13.3. The Morgan fingerprint density at radius 1 is 1.27 bits per heavy atom. The Bertz CT molecular complexity index is 1190. The summed E-state index contributed by atoms with van der Waals surface area (Å²) in [5.74, 6) is -1.22. The number of ether oxygens (including phenoxy) is 1. The molecule has 2 aromatic heterocycles. The van der Waals surface area contributed by atoms with Gasteiger partial charge >= 0.3 is 6.36 Å². The van der Waals surface area contributed by atoms with E-state index in [1.54, 1.807) is 23.0 Å². The van der Waals surface area contributed by atoms with Crippen molar-refractivity contribution in [2.75, 3.05) is 11.4 Å². The van der Waals surface area contributed by atoms with Crippen LogP contribution in [-0.4, -0.2) is 39.4 Å². The van der Waals surface area contributed by atoms with Crippen molar-refractivity contribution in [3.63, 3.8) is 0 Å². The molecule has 3 aromatic rings. The summed E-state index contributed by atoms with van der Waals surface area (Å²) in [7, 11) is 0. The number of fused-ring (bicyclic) bond motifs is 1. The highest BCUT2D eigenvalue weighted by Crippen LogP contribution is 2.35. The van der Waals surface area contributed by atoms with Crippen molar-refractivity contribution in [3.8, 4) is 5.75 Å². The maximum atomic E-state index is 13.3. The van der Waals surface area contributed by atoms with Crippen molar-refractivity contribution in [2.45, 2.75) is 25.7 Å². The lowest BCUT2D eigenvalue weighted by Gasteiger charge is -2.32. The Morgan fingerprint density at radius 2 is 2.03 bits per heavy atom.